The van der Waals surface area contributed by atoms with Gasteiger partial charge in [-0.3, -0.25) is 19.7 Å². The van der Waals surface area contributed by atoms with Gasteiger partial charge in [0.1, 0.15) is 6.04 Å². The molecule has 1 aromatic rings. The molecular weight excluding hydrogens is 372 g/mol. The monoisotopic (exact) mass is 398 g/mol. The molecule has 1 aromatic carbocycles. The van der Waals surface area contributed by atoms with Crippen LogP contribution in [0.4, 0.5) is 0 Å². The second kappa shape index (κ2) is 7.51. The maximum absolute atomic E-state index is 12.8. The number of rotatable bonds is 5. The van der Waals surface area contributed by atoms with Crippen molar-refractivity contribution in [2.75, 3.05) is 19.7 Å². The lowest BCUT2D eigenvalue weighted by molar-refractivity contribution is -0.136. The molecule has 4 heterocycles. The zero-order chi connectivity index (χ0) is 20.0. The van der Waals surface area contributed by atoms with E-state index in [4.69, 9.17) is 4.74 Å². The molecule has 3 fully saturated rings. The van der Waals surface area contributed by atoms with Gasteiger partial charge in [0.05, 0.1) is 12.7 Å². The fourth-order valence-electron chi connectivity index (χ4n) is 4.70. The van der Waals surface area contributed by atoms with Crippen LogP contribution in [-0.4, -0.2) is 60.5 Å². The molecule has 3 N–H and O–H groups in total. The van der Waals surface area contributed by atoms with Gasteiger partial charge in [0, 0.05) is 50.1 Å². The molecule has 3 amide bonds. The Kier molecular flexibility index (Phi) is 4.85. The van der Waals surface area contributed by atoms with E-state index in [1.165, 1.54) is 0 Å². The van der Waals surface area contributed by atoms with Crippen LogP contribution >= 0.6 is 0 Å². The molecule has 29 heavy (non-hydrogen) atoms. The van der Waals surface area contributed by atoms with Crippen molar-refractivity contribution >= 4 is 17.7 Å². The Bertz CT molecular complexity index is 853. The molecule has 0 aliphatic carbocycles. The first-order valence-electron chi connectivity index (χ1n) is 10.4. The lowest BCUT2D eigenvalue weighted by Gasteiger charge is -2.31. The van der Waals surface area contributed by atoms with E-state index in [-0.39, 0.29) is 24.1 Å². The first kappa shape index (κ1) is 18.7. The Hall–Kier alpha value is -2.29. The van der Waals surface area contributed by atoms with Crippen molar-refractivity contribution in [3.63, 3.8) is 0 Å². The highest BCUT2D eigenvalue weighted by atomic mass is 16.5. The number of piperidine rings is 1. The smallest absolute Gasteiger partial charge is 0.255 e. The average Bonchev–Trinajstić information content (AvgIpc) is 3.23. The molecule has 4 aliphatic rings. The molecule has 0 radical (unpaired) electrons. The first-order valence-corrected chi connectivity index (χ1v) is 10.4. The molecule has 3 unspecified atom stereocenters. The summed E-state index contributed by atoms with van der Waals surface area (Å²) >= 11 is 0. The minimum absolute atomic E-state index is 0.129. The van der Waals surface area contributed by atoms with E-state index >= 15 is 0 Å². The predicted octanol–water partition coefficient (Wildman–Crippen LogP) is -0.0859. The lowest BCUT2D eigenvalue weighted by atomic mass is 9.93. The second-order valence-electron chi connectivity index (χ2n) is 8.50. The Labute approximate surface area is 169 Å². The third-order valence-electron chi connectivity index (χ3n) is 6.55. The summed E-state index contributed by atoms with van der Waals surface area (Å²) in [5.41, 5.74) is 2.72. The summed E-state index contributed by atoms with van der Waals surface area (Å²) < 4.78 is 5.93. The lowest BCUT2D eigenvalue weighted by Crippen LogP contribution is -2.52. The first-order chi connectivity index (χ1) is 14.1. The van der Waals surface area contributed by atoms with E-state index < -0.39 is 6.04 Å². The van der Waals surface area contributed by atoms with Crippen molar-refractivity contribution in [3.05, 3.63) is 34.9 Å². The summed E-state index contributed by atoms with van der Waals surface area (Å²) in [7, 11) is 0. The molecule has 3 saturated heterocycles. The van der Waals surface area contributed by atoms with Gasteiger partial charge in [-0.05, 0) is 30.0 Å². The SMILES string of the molecule is O=C1CCC(N2Cc3cc(CNC4COC(C5CNC5)C4)ccc3C2=O)C(=O)N1. The van der Waals surface area contributed by atoms with Gasteiger partial charge in [0.15, 0.2) is 0 Å². The third-order valence-corrected chi connectivity index (χ3v) is 6.55. The molecule has 8 nitrogen and oxygen atoms in total. The number of ether oxygens (including phenoxy) is 1. The Morgan fingerprint density at radius 1 is 1.21 bits per heavy atom. The fraction of sp³-hybridized carbons (Fsp3) is 0.571. The molecular formula is C21H26N4O4. The van der Waals surface area contributed by atoms with Crippen molar-refractivity contribution in [3.8, 4) is 0 Å². The highest BCUT2D eigenvalue weighted by Gasteiger charge is 2.39. The molecule has 3 atom stereocenters. The zero-order valence-electron chi connectivity index (χ0n) is 16.3. The molecule has 5 rings (SSSR count). The van der Waals surface area contributed by atoms with Crippen LogP contribution in [0.15, 0.2) is 18.2 Å². The van der Waals surface area contributed by atoms with Gasteiger partial charge in [0.25, 0.3) is 5.91 Å². The van der Waals surface area contributed by atoms with Crippen molar-refractivity contribution in [1.82, 2.24) is 20.9 Å². The molecule has 0 aromatic heterocycles. The van der Waals surface area contributed by atoms with Gasteiger partial charge < -0.3 is 20.3 Å². The number of carbonyl (C=O) groups excluding carboxylic acids is 3. The van der Waals surface area contributed by atoms with E-state index in [1.807, 2.05) is 12.1 Å². The van der Waals surface area contributed by atoms with E-state index in [2.05, 4.69) is 22.0 Å². The number of nitrogens with one attached hydrogen (secondary N) is 3. The van der Waals surface area contributed by atoms with E-state index in [0.717, 1.165) is 43.8 Å². The van der Waals surface area contributed by atoms with Crippen LogP contribution in [0.5, 0.6) is 0 Å². The quantitative estimate of drug-likeness (QED) is 0.600. The number of fused-ring (bicyclic) bond motifs is 1. The van der Waals surface area contributed by atoms with Crippen LogP contribution in [0.2, 0.25) is 0 Å². The van der Waals surface area contributed by atoms with Gasteiger partial charge in [-0.15, -0.1) is 0 Å². The fourth-order valence-corrected chi connectivity index (χ4v) is 4.70. The van der Waals surface area contributed by atoms with Crippen LogP contribution < -0.4 is 16.0 Å². The second-order valence-corrected chi connectivity index (χ2v) is 8.50. The summed E-state index contributed by atoms with van der Waals surface area (Å²) in [6.45, 7) is 3.99. The molecule has 0 saturated carbocycles. The van der Waals surface area contributed by atoms with Crippen molar-refractivity contribution in [2.24, 2.45) is 5.92 Å². The Morgan fingerprint density at radius 3 is 2.83 bits per heavy atom. The minimum atomic E-state index is -0.567. The minimum Gasteiger partial charge on any atom is -0.376 e. The maximum Gasteiger partial charge on any atom is 0.255 e. The number of carbonyl (C=O) groups is 3. The average molecular weight is 398 g/mol. The van der Waals surface area contributed by atoms with Gasteiger partial charge in [-0.25, -0.2) is 0 Å². The van der Waals surface area contributed by atoms with Crippen LogP contribution in [-0.2, 0) is 27.4 Å². The van der Waals surface area contributed by atoms with Crippen LogP contribution in [0.1, 0.15) is 40.7 Å². The zero-order valence-corrected chi connectivity index (χ0v) is 16.3. The number of nitrogens with zero attached hydrogens (tertiary/aromatic N) is 1. The van der Waals surface area contributed by atoms with E-state index in [1.54, 1.807) is 4.90 Å². The van der Waals surface area contributed by atoms with Crippen molar-refractivity contribution in [2.45, 2.75) is 50.5 Å². The number of hydrogen-bond donors (Lipinski definition) is 3. The highest BCUT2D eigenvalue weighted by Crippen LogP contribution is 2.28. The number of benzene rings is 1. The van der Waals surface area contributed by atoms with Gasteiger partial charge in [-0.1, -0.05) is 12.1 Å². The normalized spacial score (nSPS) is 29.7. The van der Waals surface area contributed by atoms with Crippen LogP contribution in [0.3, 0.4) is 0 Å². The summed E-state index contributed by atoms with van der Waals surface area (Å²) in [5.74, 6) is -0.126. The van der Waals surface area contributed by atoms with E-state index in [0.29, 0.717) is 36.6 Å². The Balaban J connectivity index is 1.20. The molecule has 154 valence electrons. The Morgan fingerprint density at radius 2 is 2.07 bits per heavy atom. The summed E-state index contributed by atoms with van der Waals surface area (Å²) in [5, 5.41) is 9.21. The number of hydrogen-bond acceptors (Lipinski definition) is 6. The number of imide groups is 1. The predicted molar refractivity (Wildman–Crippen MR) is 104 cm³/mol. The number of amides is 3. The van der Waals surface area contributed by atoms with Crippen molar-refractivity contribution in [1.29, 1.82) is 0 Å². The topological polar surface area (TPSA) is 99.8 Å². The third kappa shape index (κ3) is 3.56. The van der Waals surface area contributed by atoms with Crippen LogP contribution in [0.25, 0.3) is 0 Å². The van der Waals surface area contributed by atoms with Crippen LogP contribution in [0, 0.1) is 5.92 Å². The van der Waals surface area contributed by atoms with Gasteiger partial charge in [-0.2, -0.15) is 0 Å². The standard InChI is InChI=1S/C21H26N4O4/c26-19-4-3-17(20(27)24-19)25-10-13-5-12(1-2-16(13)21(25)28)7-23-15-6-18(29-11-15)14-8-22-9-14/h1-2,5,14-15,17-18,22-23H,3-4,6-11H2,(H,24,26,27). The summed E-state index contributed by atoms with van der Waals surface area (Å²) in [4.78, 5) is 37.9. The molecule has 4 aliphatic heterocycles. The largest absolute Gasteiger partial charge is 0.376 e. The summed E-state index contributed by atoms with van der Waals surface area (Å²) in [6, 6.07) is 5.67. The van der Waals surface area contributed by atoms with Gasteiger partial charge in [0.2, 0.25) is 11.8 Å². The van der Waals surface area contributed by atoms with E-state index in [9.17, 15) is 14.4 Å². The molecule has 0 bridgehead atoms. The summed E-state index contributed by atoms with van der Waals surface area (Å²) in [6.07, 6.45) is 2.05. The molecule has 0 spiro atoms. The van der Waals surface area contributed by atoms with Crippen molar-refractivity contribution < 1.29 is 19.1 Å². The molecule has 8 heteroatoms. The van der Waals surface area contributed by atoms with Gasteiger partial charge >= 0.3 is 0 Å². The maximum atomic E-state index is 12.8. The highest BCUT2D eigenvalue weighted by molar-refractivity contribution is 6.05.